The van der Waals surface area contributed by atoms with Crippen LogP contribution in [0.1, 0.15) is 19.3 Å². The number of aromatic nitrogens is 6. The fourth-order valence-electron chi connectivity index (χ4n) is 4.01. The van der Waals surface area contributed by atoms with Gasteiger partial charge in [0.15, 0.2) is 23.0 Å². The molecule has 5 rings (SSSR count). The molecular formula is C21H19F3N8O2. The fourth-order valence-corrected chi connectivity index (χ4v) is 4.01. The Morgan fingerprint density at radius 3 is 2.59 bits per heavy atom. The smallest absolute Gasteiger partial charge is 0.387 e. The number of rotatable bonds is 7. The molecule has 0 saturated heterocycles. The van der Waals surface area contributed by atoms with Crippen LogP contribution >= 0.6 is 0 Å². The number of ether oxygens (including phenoxy) is 1. The van der Waals surface area contributed by atoms with Gasteiger partial charge in [-0.25, -0.2) is 33.7 Å². The lowest BCUT2D eigenvalue weighted by Crippen LogP contribution is -2.22. The highest BCUT2D eigenvalue weighted by atomic mass is 19.3. The average Bonchev–Trinajstić information content (AvgIpc) is 3.39. The quantitative estimate of drug-likeness (QED) is 0.375. The van der Waals surface area contributed by atoms with Crippen LogP contribution in [0.5, 0.6) is 5.75 Å². The van der Waals surface area contributed by atoms with Gasteiger partial charge >= 0.3 is 12.3 Å². The molecule has 0 aliphatic heterocycles. The molecule has 1 aliphatic rings. The summed E-state index contributed by atoms with van der Waals surface area (Å²) in [5.41, 5.74) is 0.756. The van der Waals surface area contributed by atoms with E-state index in [1.807, 2.05) is 0 Å². The second-order valence-electron chi connectivity index (χ2n) is 7.78. The normalized spacial score (nSPS) is 17.9. The number of fused-ring (bicyclic) bond motifs is 1. The zero-order valence-electron chi connectivity index (χ0n) is 17.6. The van der Waals surface area contributed by atoms with Gasteiger partial charge in [0.1, 0.15) is 0 Å². The lowest BCUT2D eigenvalue weighted by molar-refractivity contribution is -0.0503. The number of halogens is 3. The summed E-state index contributed by atoms with van der Waals surface area (Å²) in [4.78, 5) is 31.3. The summed E-state index contributed by atoms with van der Waals surface area (Å²) in [5, 5.41) is 6.23. The molecule has 0 amide bonds. The van der Waals surface area contributed by atoms with E-state index in [0.29, 0.717) is 23.5 Å². The monoisotopic (exact) mass is 472 g/mol. The molecule has 3 N–H and O–H groups in total. The van der Waals surface area contributed by atoms with Gasteiger partial charge in [0.2, 0.25) is 5.95 Å². The van der Waals surface area contributed by atoms with E-state index in [1.54, 1.807) is 18.3 Å². The third-order valence-electron chi connectivity index (χ3n) is 5.49. The molecule has 0 radical (unpaired) electrons. The molecule has 34 heavy (non-hydrogen) atoms. The third kappa shape index (κ3) is 4.49. The number of nitrogens with one attached hydrogen (secondary N) is 3. The summed E-state index contributed by atoms with van der Waals surface area (Å²) in [6.45, 7) is -2.94. The topological polar surface area (TPSA) is 123 Å². The molecule has 4 aromatic rings. The zero-order chi connectivity index (χ0) is 23.7. The summed E-state index contributed by atoms with van der Waals surface area (Å²) in [5.74, 6) is -0.343. The van der Waals surface area contributed by atoms with Crippen molar-refractivity contribution >= 4 is 22.9 Å². The summed E-state index contributed by atoms with van der Waals surface area (Å²) >= 11 is 0. The Hall–Kier alpha value is -4.16. The van der Waals surface area contributed by atoms with Gasteiger partial charge < -0.3 is 20.4 Å². The van der Waals surface area contributed by atoms with E-state index in [9.17, 15) is 18.0 Å². The minimum Gasteiger partial charge on any atom is -0.432 e. The first-order valence-corrected chi connectivity index (χ1v) is 10.5. The maximum atomic E-state index is 14.8. The van der Waals surface area contributed by atoms with Crippen LogP contribution in [0.4, 0.5) is 24.9 Å². The van der Waals surface area contributed by atoms with Crippen LogP contribution in [0.15, 0.2) is 47.8 Å². The number of alkyl halides is 2. The van der Waals surface area contributed by atoms with Crippen molar-refractivity contribution in [2.45, 2.75) is 38.0 Å². The molecule has 4 aromatic heterocycles. The van der Waals surface area contributed by atoms with Gasteiger partial charge in [0, 0.05) is 24.3 Å². The van der Waals surface area contributed by atoms with E-state index < -0.39 is 18.1 Å². The molecule has 10 nitrogen and oxygen atoms in total. The highest BCUT2D eigenvalue weighted by Gasteiger charge is 2.26. The van der Waals surface area contributed by atoms with Gasteiger partial charge in [0.05, 0.1) is 29.8 Å². The van der Waals surface area contributed by atoms with Crippen LogP contribution in [-0.2, 0) is 0 Å². The van der Waals surface area contributed by atoms with Gasteiger partial charge in [0.25, 0.3) is 0 Å². The minimum atomic E-state index is -2.94. The van der Waals surface area contributed by atoms with Gasteiger partial charge in [-0.1, -0.05) is 0 Å². The fraction of sp³-hybridized carbons (Fsp3) is 0.286. The first-order valence-electron chi connectivity index (χ1n) is 10.5. The van der Waals surface area contributed by atoms with Gasteiger partial charge in [-0.3, -0.25) is 0 Å². The van der Waals surface area contributed by atoms with Crippen LogP contribution in [-0.4, -0.2) is 48.2 Å². The Morgan fingerprint density at radius 2 is 1.85 bits per heavy atom. The minimum absolute atomic E-state index is 0.0116. The molecule has 0 unspecified atom stereocenters. The second-order valence-corrected chi connectivity index (χ2v) is 7.78. The SMILES string of the molecule is O=c1[nH]c2cccnc2n1-c1cnc(N[C@H]2CC[C@H](Nc3ncc(OC(F)F)cn3)C2)c(F)c1. The largest absolute Gasteiger partial charge is 0.432 e. The Kier molecular flexibility index (Phi) is 5.74. The number of pyridine rings is 2. The number of anilines is 2. The maximum absolute atomic E-state index is 14.8. The molecule has 1 fully saturated rings. The third-order valence-corrected chi connectivity index (χ3v) is 5.49. The van der Waals surface area contributed by atoms with Crippen molar-refractivity contribution < 1.29 is 17.9 Å². The van der Waals surface area contributed by atoms with Crippen molar-refractivity contribution in [2.24, 2.45) is 0 Å². The highest BCUT2D eigenvalue weighted by molar-refractivity contribution is 5.72. The Morgan fingerprint density at radius 1 is 1.09 bits per heavy atom. The number of nitrogens with zero attached hydrogens (tertiary/aromatic N) is 5. The summed E-state index contributed by atoms with van der Waals surface area (Å²) < 4.78 is 44.8. The van der Waals surface area contributed by atoms with Gasteiger partial charge in [-0.05, 0) is 31.4 Å². The Labute approximate surface area is 190 Å². The maximum Gasteiger partial charge on any atom is 0.387 e. The molecule has 1 saturated carbocycles. The van der Waals surface area contributed by atoms with Crippen LogP contribution in [0.2, 0.25) is 0 Å². The van der Waals surface area contributed by atoms with Crippen LogP contribution in [0, 0.1) is 5.82 Å². The van der Waals surface area contributed by atoms with Gasteiger partial charge in [-0.2, -0.15) is 8.78 Å². The molecule has 13 heteroatoms. The predicted molar refractivity (Wildman–Crippen MR) is 117 cm³/mol. The van der Waals surface area contributed by atoms with Crippen LogP contribution < -0.4 is 21.1 Å². The van der Waals surface area contributed by atoms with E-state index >= 15 is 0 Å². The second kappa shape index (κ2) is 9.00. The number of hydrogen-bond donors (Lipinski definition) is 3. The van der Waals surface area contributed by atoms with Crippen LogP contribution in [0.25, 0.3) is 16.9 Å². The summed E-state index contributed by atoms with van der Waals surface area (Å²) in [7, 11) is 0. The van der Waals surface area contributed by atoms with E-state index in [-0.39, 0.29) is 29.3 Å². The van der Waals surface area contributed by atoms with Crippen molar-refractivity contribution in [3.63, 3.8) is 0 Å². The first kappa shape index (κ1) is 21.7. The number of imidazole rings is 1. The number of hydrogen-bond acceptors (Lipinski definition) is 8. The molecule has 176 valence electrons. The zero-order valence-corrected chi connectivity index (χ0v) is 17.6. The average molecular weight is 472 g/mol. The van der Waals surface area contributed by atoms with Crippen LogP contribution in [0.3, 0.4) is 0 Å². The number of aromatic amines is 1. The van der Waals surface area contributed by atoms with Gasteiger partial charge in [-0.15, -0.1) is 0 Å². The molecule has 0 bridgehead atoms. The predicted octanol–water partition coefficient (Wildman–Crippen LogP) is 3.08. The van der Waals surface area contributed by atoms with E-state index in [1.165, 1.54) is 29.2 Å². The summed E-state index contributed by atoms with van der Waals surface area (Å²) in [6, 6.07) is 4.60. The standard InChI is InChI=1S/C21H19F3N8O2/c22-15-7-13(32-18-16(31-21(32)33)2-1-5-25-18)8-26-17(15)29-11-3-4-12(6-11)30-20-27-9-14(10-28-20)34-19(23)24/h1-2,5,7-12,19H,3-4,6H2,(H,26,29)(H,31,33)(H,27,28,30)/t11-,12-/m0/s1. The molecule has 0 aromatic carbocycles. The Balaban J connectivity index is 1.23. The van der Waals surface area contributed by atoms with E-state index in [2.05, 4.69) is 40.3 Å². The molecule has 2 atom stereocenters. The van der Waals surface area contributed by atoms with Crippen molar-refractivity contribution in [1.82, 2.24) is 29.5 Å². The molecule has 1 aliphatic carbocycles. The first-order chi connectivity index (χ1) is 16.5. The number of H-pyrrole nitrogens is 1. The van der Waals surface area contributed by atoms with Crippen molar-refractivity contribution in [2.75, 3.05) is 10.6 Å². The Bertz CT molecular complexity index is 1360. The lowest BCUT2D eigenvalue weighted by atomic mass is 10.2. The van der Waals surface area contributed by atoms with E-state index in [0.717, 1.165) is 12.8 Å². The molecular weight excluding hydrogens is 453 g/mol. The van der Waals surface area contributed by atoms with Crippen molar-refractivity contribution in [3.8, 4) is 11.4 Å². The van der Waals surface area contributed by atoms with Crippen molar-refractivity contribution in [1.29, 1.82) is 0 Å². The summed E-state index contributed by atoms with van der Waals surface area (Å²) in [6.07, 6.45) is 7.46. The van der Waals surface area contributed by atoms with E-state index in [4.69, 9.17) is 0 Å². The van der Waals surface area contributed by atoms with Crippen molar-refractivity contribution in [3.05, 3.63) is 59.3 Å². The molecule has 0 spiro atoms. The lowest BCUT2D eigenvalue weighted by Gasteiger charge is -2.16. The molecule has 4 heterocycles. The highest BCUT2D eigenvalue weighted by Crippen LogP contribution is 2.26.